The Labute approximate surface area is 186 Å². The van der Waals surface area contributed by atoms with E-state index in [4.69, 9.17) is 15.9 Å². The molecule has 1 aliphatic rings. The smallest absolute Gasteiger partial charge is 0.243 e. The summed E-state index contributed by atoms with van der Waals surface area (Å²) in [6, 6.07) is 17.5. The van der Waals surface area contributed by atoms with E-state index in [0.29, 0.717) is 17.9 Å². The number of carbonyl (C=O) groups excluding carboxylic acids is 1. The molecule has 0 bridgehead atoms. The Balaban J connectivity index is 1.51. The van der Waals surface area contributed by atoms with Crippen molar-refractivity contribution >= 4 is 32.5 Å². The molecule has 0 aromatic heterocycles. The summed E-state index contributed by atoms with van der Waals surface area (Å²) in [6.45, 7) is 0.606. The maximum Gasteiger partial charge on any atom is 0.243 e. The molecule has 32 heavy (non-hydrogen) atoms. The van der Waals surface area contributed by atoms with E-state index < -0.39 is 10.0 Å². The van der Waals surface area contributed by atoms with Gasteiger partial charge in [-0.25, -0.2) is 8.42 Å². The van der Waals surface area contributed by atoms with Gasteiger partial charge in [-0.15, -0.1) is 0 Å². The van der Waals surface area contributed by atoms with Gasteiger partial charge in [0, 0.05) is 25.2 Å². The Morgan fingerprint density at radius 2 is 1.84 bits per heavy atom. The molecule has 0 atom stereocenters. The van der Waals surface area contributed by atoms with Crippen molar-refractivity contribution in [2.75, 3.05) is 26.7 Å². The van der Waals surface area contributed by atoms with Crippen LogP contribution in [0.4, 0.5) is 0 Å². The minimum Gasteiger partial charge on any atom is -0.497 e. The maximum atomic E-state index is 13.2. The zero-order chi connectivity index (χ0) is 22.9. The highest BCUT2D eigenvalue weighted by molar-refractivity contribution is 7.89. The summed E-state index contributed by atoms with van der Waals surface area (Å²) in [5.74, 6) is 0.335. The van der Waals surface area contributed by atoms with Crippen LogP contribution in [0, 0.1) is 5.41 Å². The highest BCUT2D eigenvalue weighted by atomic mass is 32.2. The number of hydrogen-bond acceptors (Lipinski definition) is 5. The van der Waals surface area contributed by atoms with Crippen molar-refractivity contribution < 1.29 is 17.9 Å². The second-order valence-corrected chi connectivity index (χ2v) is 9.58. The van der Waals surface area contributed by atoms with Gasteiger partial charge in [0.15, 0.2) is 0 Å². The number of carbonyl (C=O) groups is 1. The molecule has 0 radical (unpaired) electrons. The molecule has 166 valence electrons. The lowest BCUT2D eigenvalue weighted by atomic mass is 10.1. The quantitative estimate of drug-likeness (QED) is 0.439. The summed E-state index contributed by atoms with van der Waals surface area (Å²) in [5.41, 5.74) is 6.96. The maximum absolute atomic E-state index is 13.2. The van der Waals surface area contributed by atoms with Gasteiger partial charge in [-0.2, -0.15) is 4.31 Å². The van der Waals surface area contributed by atoms with Gasteiger partial charge in [-0.05, 0) is 46.7 Å². The molecule has 1 saturated heterocycles. The summed E-state index contributed by atoms with van der Waals surface area (Å²) < 4.78 is 32.9. The Bertz CT molecular complexity index is 1310. The fourth-order valence-corrected chi connectivity index (χ4v) is 5.17. The standard InChI is InChI=1S/C23H24N4O4S/c1-31-20-7-5-17-6-8-21(13-19(17)12-20)32(29,30)27-10-9-26(22(28)15-27)14-16-3-2-4-18(11-16)23(24)25/h2-8,11-13H,9-10,14-15H2,1H3,(H3,24,25). The first kappa shape index (κ1) is 21.8. The number of benzene rings is 3. The topological polar surface area (TPSA) is 117 Å². The molecule has 1 heterocycles. The van der Waals surface area contributed by atoms with Crippen LogP contribution in [0.1, 0.15) is 11.1 Å². The number of sulfonamides is 1. The molecule has 9 heteroatoms. The molecule has 3 aromatic carbocycles. The molecule has 0 saturated carbocycles. The molecule has 4 rings (SSSR count). The molecular formula is C23H24N4O4S. The van der Waals surface area contributed by atoms with Crippen LogP contribution in [0.15, 0.2) is 65.6 Å². The monoisotopic (exact) mass is 452 g/mol. The zero-order valence-corrected chi connectivity index (χ0v) is 18.4. The van der Waals surface area contributed by atoms with Crippen molar-refractivity contribution in [1.29, 1.82) is 5.41 Å². The Kier molecular flexibility index (Phi) is 5.86. The van der Waals surface area contributed by atoms with Crippen LogP contribution in [-0.4, -0.2) is 56.1 Å². The molecule has 8 nitrogen and oxygen atoms in total. The highest BCUT2D eigenvalue weighted by Crippen LogP contribution is 2.26. The van der Waals surface area contributed by atoms with E-state index in [1.54, 1.807) is 54.5 Å². The summed E-state index contributed by atoms with van der Waals surface area (Å²) in [6.07, 6.45) is 0. The number of rotatable bonds is 6. The van der Waals surface area contributed by atoms with Crippen LogP contribution < -0.4 is 10.5 Å². The lowest BCUT2D eigenvalue weighted by molar-refractivity contribution is -0.134. The largest absolute Gasteiger partial charge is 0.497 e. The van der Waals surface area contributed by atoms with Gasteiger partial charge >= 0.3 is 0 Å². The average Bonchev–Trinajstić information content (AvgIpc) is 2.79. The van der Waals surface area contributed by atoms with Gasteiger partial charge in [-0.1, -0.05) is 30.3 Å². The SMILES string of the molecule is COc1ccc2ccc(S(=O)(=O)N3CCN(Cc4cccc(C(=N)N)c4)C(=O)C3)cc2c1. The second kappa shape index (κ2) is 8.60. The number of nitrogens with zero attached hydrogens (tertiary/aromatic N) is 2. The third-order valence-electron chi connectivity index (χ3n) is 5.55. The van der Waals surface area contributed by atoms with Gasteiger partial charge < -0.3 is 15.4 Å². The fourth-order valence-electron chi connectivity index (χ4n) is 3.76. The number of nitrogens with one attached hydrogen (secondary N) is 1. The van der Waals surface area contributed by atoms with Gasteiger partial charge in [-0.3, -0.25) is 10.2 Å². The van der Waals surface area contributed by atoms with Crippen LogP contribution in [-0.2, 0) is 21.4 Å². The first-order chi connectivity index (χ1) is 15.3. The van der Waals surface area contributed by atoms with E-state index in [0.717, 1.165) is 16.3 Å². The molecule has 1 aliphatic heterocycles. The second-order valence-electron chi connectivity index (χ2n) is 7.64. The van der Waals surface area contributed by atoms with Gasteiger partial charge in [0.2, 0.25) is 15.9 Å². The normalized spacial score (nSPS) is 15.2. The lowest BCUT2D eigenvalue weighted by Crippen LogP contribution is -2.51. The van der Waals surface area contributed by atoms with Crippen LogP contribution >= 0.6 is 0 Å². The van der Waals surface area contributed by atoms with Crippen LogP contribution in [0.2, 0.25) is 0 Å². The van der Waals surface area contributed by atoms with Crippen molar-refractivity contribution in [1.82, 2.24) is 9.21 Å². The number of nitrogens with two attached hydrogens (primary N) is 1. The number of nitrogen functional groups attached to an aromatic ring is 1. The lowest BCUT2D eigenvalue weighted by Gasteiger charge is -2.33. The Morgan fingerprint density at radius 1 is 1.06 bits per heavy atom. The number of hydrogen-bond donors (Lipinski definition) is 2. The van der Waals surface area contributed by atoms with Crippen molar-refractivity contribution in [2.24, 2.45) is 5.73 Å². The number of amidine groups is 1. The number of methoxy groups -OCH3 is 1. The molecule has 0 aliphatic carbocycles. The molecule has 3 N–H and O–H groups in total. The van der Waals surface area contributed by atoms with E-state index in [1.807, 2.05) is 18.2 Å². The number of fused-ring (bicyclic) bond motifs is 1. The number of piperazine rings is 1. The summed E-state index contributed by atoms with van der Waals surface area (Å²) >= 11 is 0. The van der Waals surface area contributed by atoms with E-state index in [1.165, 1.54) is 4.31 Å². The van der Waals surface area contributed by atoms with Gasteiger partial charge in [0.05, 0.1) is 18.6 Å². The van der Waals surface area contributed by atoms with Gasteiger partial charge in [0.1, 0.15) is 11.6 Å². The Hall–Kier alpha value is -3.43. The van der Waals surface area contributed by atoms with Crippen LogP contribution in [0.25, 0.3) is 10.8 Å². The predicted octanol–water partition coefficient (Wildman–Crippen LogP) is 2.17. The van der Waals surface area contributed by atoms with Crippen molar-refractivity contribution in [2.45, 2.75) is 11.4 Å². The van der Waals surface area contributed by atoms with Crippen LogP contribution in [0.3, 0.4) is 0 Å². The average molecular weight is 453 g/mol. The Morgan fingerprint density at radius 3 is 2.56 bits per heavy atom. The van der Waals surface area contributed by atoms with Crippen LogP contribution in [0.5, 0.6) is 5.75 Å². The summed E-state index contributed by atoms with van der Waals surface area (Å²) in [5, 5.41) is 9.21. The first-order valence-electron chi connectivity index (χ1n) is 10.1. The minimum absolute atomic E-state index is 0.0397. The first-order valence-corrected chi connectivity index (χ1v) is 11.5. The highest BCUT2D eigenvalue weighted by Gasteiger charge is 2.33. The molecular weight excluding hydrogens is 428 g/mol. The van der Waals surface area contributed by atoms with E-state index in [-0.39, 0.29) is 36.3 Å². The van der Waals surface area contributed by atoms with E-state index >= 15 is 0 Å². The predicted molar refractivity (Wildman–Crippen MR) is 122 cm³/mol. The fraction of sp³-hybridized carbons (Fsp3) is 0.217. The third-order valence-corrected chi connectivity index (χ3v) is 7.39. The van der Waals surface area contributed by atoms with E-state index in [9.17, 15) is 13.2 Å². The minimum atomic E-state index is -3.82. The molecule has 0 unspecified atom stereocenters. The summed E-state index contributed by atoms with van der Waals surface area (Å²) in [4.78, 5) is 14.5. The van der Waals surface area contributed by atoms with Gasteiger partial charge in [0.25, 0.3) is 0 Å². The molecule has 1 fully saturated rings. The van der Waals surface area contributed by atoms with Crippen molar-refractivity contribution in [3.63, 3.8) is 0 Å². The van der Waals surface area contributed by atoms with Crippen molar-refractivity contribution in [3.05, 3.63) is 71.8 Å². The number of amides is 1. The molecule has 1 amide bonds. The third kappa shape index (κ3) is 4.30. The number of ether oxygens (including phenoxy) is 1. The molecule has 0 spiro atoms. The molecule has 3 aromatic rings. The summed E-state index contributed by atoms with van der Waals surface area (Å²) in [7, 11) is -2.26. The van der Waals surface area contributed by atoms with E-state index in [2.05, 4.69) is 0 Å². The van der Waals surface area contributed by atoms with Crippen molar-refractivity contribution in [3.8, 4) is 5.75 Å². The zero-order valence-electron chi connectivity index (χ0n) is 17.6.